The lowest BCUT2D eigenvalue weighted by Gasteiger charge is -2.18. The fourth-order valence-corrected chi connectivity index (χ4v) is 1.82. The van der Waals surface area contributed by atoms with Crippen LogP contribution in [0.2, 0.25) is 0 Å². The standard InChI is InChI=1S/C14H18F2N2O3/c1-7(2)9(6-17)13(19)18-12-4-8(14(20)21-3)10(15)5-11(12)16/h4-5,7,9H,6,17H2,1-3H3,(H,18,19). The second-order valence-electron chi connectivity index (χ2n) is 4.88. The van der Waals surface area contributed by atoms with E-state index in [4.69, 9.17) is 5.73 Å². The van der Waals surface area contributed by atoms with Crippen molar-refractivity contribution in [2.75, 3.05) is 19.0 Å². The van der Waals surface area contributed by atoms with Gasteiger partial charge in [0, 0.05) is 12.6 Å². The van der Waals surface area contributed by atoms with Crippen molar-refractivity contribution in [3.05, 3.63) is 29.3 Å². The van der Waals surface area contributed by atoms with Gasteiger partial charge in [0.25, 0.3) is 0 Å². The van der Waals surface area contributed by atoms with Gasteiger partial charge in [-0.25, -0.2) is 13.6 Å². The van der Waals surface area contributed by atoms with Crippen LogP contribution in [0, 0.1) is 23.5 Å². The molecule has 1 amide bonds. The summed E-state index contributed by atoms with van der Waals surface area (Å²) < 4.78 is 31.6. The Hall–Kier alpha value is -2.02. The molecule has 0 heterocycles. The van der Waals surface area contributed by atoms with E-state index in [9.17, 15) is 18.4 Å². The topological polar surface area (TPSA) is 81.4 Å². The highest BCUT2D eigenvalue weighted by Gasteiger charge is 2.23. The predicted octanol–water partition coefficient (Wildman–Crippen LogP) is 1.92. The van der Waals surface area contributed by atoms with Crippen LogP contribution < -0.4 is 11.1 Å². The molecule has 0 aromatic heterocycles. The third-order valence-corrected chi connectivity index (χ3v) is 3.12. The number of halogens is 2. The van der Waals surface area contributed by atoms with Gasteiger partial charge in [0.1, 0.15) is 11.6 Å². The lowest BCUT2D eigenvalue weighted by atomic mass is 9.95. The number of rotatable bonds is 5. The first-order chi connectivity index (χ1) is 9.81. The van der Waals surface area contributed by atoms with Crippen LogP contribution in [-0.2, 0) is 9.53 Å². The number of methoxy groups -OCH3 is 1. The molecule has 1 aromatic carbocycles. The first kappa shape index (κ1) is 17.0. The summed E-state index contributed by atoms with van der Waals surface area (Å²) in [5.41, 5.74) is 4.76. The highest BCUT2D eigenvalue weighted by Crippen LogP contribution is 2.22. The Morgan fingerprint density at radius 2 is 1.90 bits per heavy atom. The van der Waals surface area contributed by atoms with Gasteiger partial charge in [0.15, 0.2) is 0 Å². The number of benzene rings is 1. The summed E-state index contributed by atoms with van der Waals surface area (Å²) in [5, 5.41) is 2.32. The molecule has 7 heteroatoms. The second kappa shape index (κ2) is 7.12. The van der Waals surface area contributed by atoms with E-state index < -0.39 is 35.0 Å². The lowest BCUT2D eigenvalue weighted by Crippen LogP contribution is -2.33. The zero-order valence-corrected chi connectivity index (χ0v) is 12.1. The van der Waals surface area contributed by atoms with E-state index in [2.05, 4.69) is 10.1 Å². The molecule has 0 aliphatic carbocycles. The summed E-state index contributed by atoms with van der Waals surface area (Å²) in [6.07, 6.45) is 0. The Balaban J connectivity index is 3.08. The van der Waals surface area contributed by atoms with Crippen molar-refractivity contribution in [1.29, 1.82) is 0 Å². The summed E-state index contributed by atoms with van der Waals surface area (Å²) in [5.74, 6) is -4.05. The molecule has 0 radical (unpaired) electrons. The van der Waals surface area contributed by atoms with Gasteiger partial charge in [-0.2, -0.15) is 0 Å². The van der Waals surface area contributed by atoms with Crippen molar-refractivity contribution in [3.8, 4) is 0 Å². The van der Waals surface area contributed by atoms with Crippen molar-refractivity contribution >= 4 is 17.6 Å². The van der Waals surface area contributed by atoms with Crippen LogP contribution in [0.4, 0.5) is 14.5 Å². The Bertz CT molecular complexity index is 547. The number of hydrogen-bond donors (Lipinski definition) is 2. The molecule has 1 rings (SSSR count). The minimum Gasteiger partial charge on any atom is -0.465 e. The quantitative estimate of drug-likeness (QED) is 0.814. The van der Waals surface area contributed by atoms with Crippen molar-refractivity contribution < 1.29 is 23.1 Å². The SMILES string of the molecule is COC(=O)c1cc(NC(=O)C(CN)C(C)C)c(F)cc1F. The van der Waals surface area contributed by atoms with E-state index in [-0.39, 0.29) is 18.2 Å². The van der Waals surface area contributed by atoms with Gasteiger partial charge in [-0.3, -0.25) is 4.79 Å². The highest BCUT2D eigenvalue weighted by molar-refractivity contribution is 5.96. The van der Waals surface area contributed by atoms with E-state index >= 15 is 0 Å². The maximum absolute atomic E-state index is 13.7. The Labute approximate surface area is 121 Å². The first-order valence-electron chi connectivity index (χ1n) is 6.40. The molecule has 116 valence electrons. The monoisotopic (exact) mass is 300 g/mol. The van der Waals surface area contributed by atoms with Gasteiger partial charge in [-0.15, -0.1) is 0 Å². The molecule has 0 aliphatic heterocycles. The zero-order chi connectivity index (χ0) is 16.2. The minimum atomic E-state index is -1.06. The average molecular weight is 300 g/mol. The van der Waals surface area contributed by atoms with Gasteiger partial charge >= 0.3 is 5.97 Å². The number of esters is 1. The van der Waals surface area contributed by atoms with Crippen LogP contribution in [0.25, 0.3) is 0 Å². The molecule has 1 aromatic rings. The number of nitrogens with one attached hydrogen (secondary N) is 1. The smallest absolute Gasteiger partial charge is 0.340 e. The molecule has 21 heavy (non-hydrogen) atoms. The van der Waals surface area contributed by atoms with Crippen molar-refractivity contribution in [3.63, 3.8) is 0 Å². The summed E-state index contributed by atoms with van der Waals surface area (Å²) >= 11 is 0. The molecular weight excluding hydrogens is 282 g/mol. The molecule has 0 aliphatic rings. The number of hydrogen-bond acceptors (Lipinski definition) is 4. The number of anilines is 1. The zero-order valence-electron chi connectivity index (χ0n) is 12.1. The van der Waals surface area contributed by atoms with Crippen LogP contribution in [0.1, 0.15) is 24.2 Å². The summed E-state index contributed by atoms with van der Waals surface area (Å²) in [7, 11) is 1.08. The van der Waals surface area contributed by atoms with E-state index in [1.54, 1.807) is 13.8 Å². The van der Waals surface area contributed by atoms with E-state index in [0.717, 1.165) is 13.2 Å². The van der Waals surface area contributed by atoms with E-state index in [1.807, 2.05) is 0 Å². The van der Waals surface area contributed by atoms with Crippen LogP contribution >= 0.6 is 0 Å². The lowest BCUT2D eigenvalue weighted by molar-refractivity contribution is -0.120. The Kier molecular flexibility index (Phi) is 5.78. The van der Waals surface area contributed by atoms with Crippen molar-refractivity contribution in [1.82, 2.24) is 0 Å². The molecule has 0 saturated heterocycles. The maximum atomic E-state index is 13.7. The average Bonchev–Trinajstić information content (AvgIpc) is 2.41. The molecule has 1 unspecified atom stereocenters. The molecular formula is C14H18F2N2O3. The fraction of sp³-hybridized carbons (Fsp3) is 0.429. The molecule has 5 nitrogen and oxygen atoms in total. The third-order valence-electron chi connectivity index (χ3n) is 3.12. The Morgan fingerprint density at radius 3 is 2.38 bits per heavy atom. The third kappa shape index (κ3) is 3.98. The van der Waals surface area contributed by atoms with Crippen molar-refractivity contribution in [2.45, 2.75) is 13.8 Å². The van der Waals surface area contributed by atoms with Gasteiger partial charge in [-0.1, -0.05) is 13.8 Å². The normalized spacial score (nSPS) is 12.1. The van der Waals surface area contributed by atoms with Crippen LogP contribution in [-0.4, -0.2) is 25.5 Å². The molecule has 0 spiro atoms. The molecule has 0 saturated carbocycles. The summed E-state index contributed by atoms with van der Waals surface area (Å²) in [4.78, 5) is 23.4. The highest BCUT2D eigenvalue weighted by atomic mass is 19.1. The number of carbonyl (C=O) groups is 2. The Morgan fingerprint density at radius 1 is 1.29 bits per heavy atom. The molecule has 0 fully saturated rings. The van der Waals surface area contributed by atoms with Gasteiger partial charge in [-0.05, 0) is 12.0 Å². The van der Waals surface area contributed by atoms with Gasteiger partial charge in [0.2, 0.25) is 5.91 Å². The van der Waals surface area contributed by atoms with E-state index in [0.29, 0.717) is 6.07 Å². The largest absolute Gasteiger partial charge is 0.465 e. The summed E-state index contributed by atoms with van der Waals surface area (Å²) in [6, 6.07) is 1.43. The van der Waals surface area contributed by atoms with Crippen LogP contribution in [0.15, 0.2) is 12.1 Å². The predicted molar refractivity (Wildman–Crippen MR) is 73.7 cm³/mol. The number of amides is 1. The first-order valence-corrected chi connectivity index (χ1v) is 6.40. The maximum Gasteiger partial charge on any atom is 0.340 e. The fourth-order valence-electron chi connectivity index (χ4n) is 1.82. The molecule has 1 atom stereocenters. The van der Waals surface area contributed by atoms with Crippen LogP contribution in [0.5, 0.6) is 0 Å². The van der Waals surface area contributed by atoms with E-state index in [1.165, 1.54) is 0 Å². The van der Waals surface area contributed by atoms with Gasteiger partial charge < -0.3 is 15.8 Å². The minimum absolute atomic E-state index is 0.0430. The second-order valence-corrected chi connectivity index (χ2v) is 4.88. The molecule has 0 bridgehead atoms. The van der Waals surface area contributed by atoms with Crippen LogP contribution in [0.3, 0.4) is 0 Å². The summed E-state index contributed by atoms with van der Waals surface area (Å²) in [6.45, 7) is 3.70. The molecule has 3 N–H and O–H groups in total. The number of carbonyl (C=O) groups excluding carboxylic acids is 2. The number of nitrogens with two attached hydrogens (primary N) is 1. The van der Waals surface area contributed by atoms with Crippen molar-refractivity contribution in [2.24, 2.45) is 17.6 Å². The van der Waals surface area contributed by atoms with Gasteiger partial charge in [0.05, 0.1) is 24.3 Å². The number of ether oxygens (including phenoxy) is 1.